The van der Waals surface area contributed by atoms with Crippen molar-refractivity contribution in [3.63, 3.8) is 0 Å². The Bertz CT molecular complexity index is 1280. The van der Waals surface area contributed by atoms with Gasteiger partial charge in [0.05, 0.1) is 11.9 Å². The molecule has 2 N–H and O–H groups in total. The number of rotatable bonds is 8. The Hall–Kier alpha value is -4.01. The normalized spacial score (nSPS) is 11.6. The highest BCUT2D eigenvalue weighted by molar-refractivity contribution is 6.03. The van der Waals surface area contributed by atoms with Gasteiger partial charge in [0, 0.05) is 17.6 Å². The average molecular weight is 465 g/mol. The van der Waals surface area contributed by atoms with Crippen LogP contribution in [0.15, 0.2) is 47.3 Å². The fourth-order valence-electron chi connectivity index (χ4n) is 3.53. The number of carbonyl (C=O) groups excluding carboxylic acids is 3. The lowest BCUT2D eigenvalue weighted by Crippen LogP contribution is -2.40. The number of carbonyl (C=O) groups is 3. The molecule has 9 heteroatoms. The topological polar surface area (TPSA) is 119 Å². The van der Waals surface area contributed by atoms with Crippen molar-refractivity contribution < 1.29 is 19.1 Å². The predicted molar refractivity (Wildman–Crippen MR) is 129 cm³/mol. The molecule has 3 rings (SSSR count). The molecule has 0 spiro atoms. The van der Waals surface area contributed by atoms with Crippen LogP contribution in [-0.2, 0) is 20.9 Å². The molecule has 2 amide bonds. The zero-order valence-corrected chi connectivity index (χ0v) is 19.7. The summed E-state index contributed by atoms with van der Waals surface area (Å²) >= 11 is 0. The molecule has 9 nitrogen and oxygen atoms in total. The second kappa shape index (κ2) is 10.7. The van der Waals surface area contributed by atoms with Crippen molar-refractivity contribution >= 4 is 34.2 Å². The Morgan fingerprint density at radius 2 is 1.68 bits per heavy atom. The Morgan fingerprint density at radius 3 is 2.32 bits per heavy atom. The SMILES string of the molecule is CCCn1nc(C(=O)OC(C)C(=O)NCC(=O)Nc2c(C)cccc2C)c2ccccc2c1=O. The number of ether oxygens (including phenoxy) is 1. The number of benzene rings is 2. The summed E-state index contributed by atoms with van der Waals surface area (Å²) in [5.41, 5.74) is 2.17. The van der Waals surface area contributed by atoms with Gasteiger partial charge in [-0.15, -0.1) is 0 Å². The molecule has 178 valence electrons. The summed E-state index contributed by atoms with van der Waals surface area (Å²) in [5.74, 6) is -1.86. The molecule has 0 aliphatic rings. The molecular weight excluding hydrogens is 436 g/mol. The number of nitrogens with zero attached hydrogens (tertiary/aromatic N) is 2. The van der Waals surface area contributed by atoms with E-state index >= 15 is 0 Å². The maximum absolute atomic E-state index is 12.8. The van der Waals surface area contributed by atoms with Gasteiger partial charge in [0.1, 0.15) is 0 Å². The Morgan fingerprint density at radius 1 is 1.03 bits per heavy atom. The molecule has 0 saturated heterocycles. The molecule has 1 heterocycles. The number of esters is 1. The Balaban J connectivity index is 1.67. The maximum Gasteiger partial charge on any atom is 0.360 e. The molecule has 1 unspecified atom stereocenters. The maximum atomic E-state index is 12.8. The lowest BCUT2D eigenvalue weighted by molar-refractivity contribution is -0.130. The minimum Gasteiger partial charge on any atom is -0.448 e. The van der Waals surface area contributed by atoms with E-state index in [0.29, 0.717) is 29.4 Å². The van der Waals surface area contributed by atoms with Gasteiger partial charge in [-0.2, -0.15) is 5.10 Å². The van der Waals surface area contributed by atoms with Crippen molar-refractivity contribution in [3.8, 4) is 0 Å². The number of para-hydroxylation sites is 1. The quantitative estimate of drug-likeness (QED) is 0.495. The van der Waals surface area contributed by atoms with Crippen LogP contribution in [0.5, 0.6) is 0 Å². The lowest BCUT2D eigenvalue weighted by atomic mass is 10.1. The van der Waals surface area contributed by atoms with E-state index in [1.165, 1.54) is 11.6 Å². The molecule has 34 heavy (non-hydrogen) atoms. The van der Waals surface area contributed by atoms with Crippen LogP contribution in [0.3, 0.4) is 0 Å². The molecule has 0 bridgehead atoms. The van der Waals surface area contributed by atoms with Gasteiger partial charge in [-0.25, -0.2) is 9.48 Å². The molecule has 2 aromatic carbocycles. The molecule has 0 fully saturated rings. The number of aromatic nitrogens is 2. The van der Waals surface area contributed by atoms with Crippen LogP contribution in [0.4, 0.5) is 5.69 Å². The fraction of sp³-hybridized carbons (Fsp3) is 0.320. The number of fused-ring (bicyclic) bond motifs is 1. The average Bonchev–Trinajstić information content (AvgIpc) is 2.81. The van der Waals surface area contributed by atoms with Crippen molar-refractivity contribution in [1.82, 2.24) is 15.1 Å². The van der Waals surface area contributed by atoms with Crippen molar-refractivity contribution in [1.29, 1.82) is 0 Å². The largest absolute Gasteiger partial charge is 0.448 e. The molecular formula is C25H28N4O5. The van der Waals surface area contributed by atoms with E-state index in [-0.39, 0.29) is 17.8 Å². The molecule has 3 aromatic rings. The summed E-state index contributed by atoms with van der Waals surface area (Å²) in [6, 6.07) is 12.3. The predicted octanol–water partition coefficient (Wildman–Crippen LogP) is 2.72. The molecule has 0 radical (unpaired) electrons. The highest BCUT2D eigenvalue weighted by Crippen LogP contribution is 2.19. The van der Waals surface area contributed by atoms with Crippen molar-refractivity contribution in [3.05, 3.63) is 69.6 Å². The number of nitrogens with one attached hydrogen (secondary N) is 2. The summed E-state index contributed by atoms with van der Waals surface area (Å²) in [6.07, 6.45) is -0.518. The van der Waals surface area contributed by atoms with E-state index < -0.39 is 23.9 Å². The first-order valence-electron chi connectivity index (χ1n) is 11.1. The van der Waals surface area contributed by atoms with Crippen LogP contribution in [0.25, 0.3) is 10.8 Å². The smallest absolute Gasteiger partial charge is 0.360 e. The molecule has 0 saturated carbocycles. The molecule has 0 aliphatic heterocycles. The number of hydrogen-bond acceptors (Lipinski definition) is 6. The zero-order chi connectivity index (χ0) is 24.8. The van der Waals surface area contributed by atoms with Gasteiger partial charge in [-0.3, -0.25) is 14.4 Å². The van der Waals surface area contributed by atoms with Gasteiger partial charge in [0.2, 0.25) is 5.91 Å². The van der Waals surface area contributed by atoms with Crippen LogP contribution in [-0.4, -0.2) is 40.2 Å². The first kappa shape index (κ1) is 24.6. The van der Waals surface area contributed by atoms with E-state index in [4.69, 9.17) is 4.74 Å². The van der Waals surface area contributed by atoms with E-state index in [2.05, 4.69) is 15.7 Å². The summed E-state index contributed by atoms with van der Waals surface area (Å²) < 4.78 is 6.53. The minimum absolute atomic E-state index is 0.0453. The third kappa shape index (κ3) is 5.48. The van der Waals surface area contributed by atoms with Crippen LogP contribution in [0, 0.1) is 13.8 Å². The van der Waals surface area contributed by atoms with Crippen LogP contribution >= 0.6 is 0 Å². The monoisotopic (exact) mass is 464 g/mol. The fourth-order valence-corrected chi connectivity index (χ4v) is 3.53. The second-order valence-corrected chi connectivity index (χ2v) is 8.00. The van der Waals surface area contributed by atoms with Crippen molar-refractivity contribution in [2.45, 2.75) is 46.8 Å². The van der Waals surface area contributed by atoms with Gasteiger partial charge in [-0.05, 0) is 44.4 Å². The number of aryl methyl sites for hydroxylation is 3. The van der Waals surface area contributed by atoms with Crippen molar-refractivity contribution in [2.75, 3.05) is 11.9 Å². The lowest BCUT2D eigenvalue weighted by Gasteiger charge is -2.15. The summed E-state index contributed by atoms with van der Waals surface area (Å²) in [7, 11) is 0. The van der Waals surface area contributed by atoms with Crippen LogP contribution in [0.2, 0.25) is 0 Å². The summed E-state index contributed by atoms with van der Waals surface area (Å²) in [5, 5.41) is 10.1. The first-order chi connectivity index (χ1) is 16.2. The standard InChI is InChI=1S/C25H28N4O5/c1-5-13-29-24(32)19-12-7-6-11-18(19)22(28-29)25(33)34-17(4)23(31)26-14-20(30)27-21-15(2)9-8-10-16(21)3/h6-12,17H,5,13-14H2,1-4H3,(H,26,31)(H,27,30). The highest BCUT2D eigenvalue weighted by atomic mass is 16.5. The van der Waals surface area contributed by atoms with Crippen molar-refractivity contribution in [2.24, 2.45) is 0 Å². The zero-order valence-electron chi connectivity index (χ0n) is 19.7. The third-order valence-electron chi connectivity index (χ3n) is 5.32. The highest BCUT2D eigenvalue weighted by Gasteiger charge is 2.23. The summed E-state index contributed by atoms with van der Waals surface area (Å²) in [4.78, 5) is 50.2. The first-order valence-corrected chi connectivity index (χ1v) is 11.1. The summed E-state index contributed by atoms with van der Waals surface area (Å²) in [6.45, 7) is 7.12. The molecule has 0 aliphatic carbocycles. The second-order valence-electron chi connectivity index (χ2n) is 8.00. The molecule has 1 aromatic heterocycles. The van der Waals surface area contributed by atoms with E-state index in [9.17, 15) is 19.2 Å². The van der Waals surface area contributed by atoms with Gasteiger partial charge in [0.25, 0.3) is 11.5 Å². The number of anilines is 1. The van der Waals surface area contributed by atoms with Gasteiger partial charge in [0.15, 0.2) is 11.8 Å². The van der Waals surface area contributed by atoms with Gasteiger partial charge in [-0.1, -0.05) is 43.3 Å². The van der Waals surface area contributed by atoms with E-state index in [1.807, 2.05) is 39.0 Å². The van der Waals surface area contributed by atoms with Crippen LogP contribution in [0.1, 0.15) is 41.9 Å². The number of hydrogen-bond donors (Lipinski definition) is 2. The Kier molecular flexibility index (Phi) is 7.78. The van der Waals surface area contributed by atoms with E-state index in [1.54, 1.807) is 24.3 Å². The Labute approximate surface area is 197 Å². The van der Waals surface area contributed by atoms with E-state index in [0.717, 1.165) is 11.1 Å². The van der Waals surface area contributed by atoms with Gasteiger partial charge >= 0.3 is 5.97 Å². The molecule has 1 atom stereocenters. The minimum atomic E-state index is -1.17. The van der Waals surface area contributed by atoms with Gasteiger partial charge < -0.3 is 15.4 Å². The number of amides is 2. The van der Waals surface area contributed by atoms with Crippen LogP contribution < -0.4 is 16.2 Å². The third-order valence-corrected chi connectivity index (χ3v) is 5.32.